The van der Waals surface area contributed by atoms with Crippen molar-refractivity contribution in [1.29, 1.82) is 0 Å². The summed E-state index contributed by atoms with van der Waals surface area (Å²) in [6.45, 7) is 3.84. The first-order chi connectivity index (χ1) is 8.54. The molecule has 2 aromatic rings. The number of thioether (sulfide) groups is 1. The molecule has 5 heteroatoms. The van der Waals surface area contributed by atoms with Gasteiger partial charge < -0.3 is 5.73 Å². The lowest BCUT2D eigenvalue weighted by Gasteiger charge is -2.05. The van der Waals surface area contributed by atoms with Crippen molar-refractivity contribution in [1.82, 2.24) is 9.97 Å². The largest absolute Gasteiger partial charge is 0.399 e. The van der Waals surface area contributed by atoms with Crippen molar-refractivity contribution in [2.75, 3.05) is 5.73 Å². The summed E-state index contributed by atoms with van der Waals surface area (Å²) in [5, 5.41) is 0.670. The van der Waals surface area contributed by atoms with Crippen LogP contribution in [0.15, 0.2) is 29.4 Å². The third kappa shape index (κ3) is 3.20. The number of benzene rings is 1. The van der Waals surface area contributed by atoms with Gasteiger partial charge in [0.05, 0.1) is 0 Å². The van der Waals surface area contributed by atoms with Crippen LogP contribution in [0.5, 0.6) is 0 Å². The summed E-state index contributed by atoms with van der Waals surface area (Å²) in [6.07, 6.45) is 0. The molecule has 0 radical (unpaired) electrons. The number of aromatic nitrogens is 2. The lowest BCUT2D eigenvalue weighted by Crippen LogP contribution is -1.95. The summed E-state index contributed by atoms with van der Waals surface area (Å²) < 4.78 is 13.6. The molecule has 2 rings (SSSR count). The first-order valence-corrected chi connectivity index (χ1v) is 6.52. The van der Waals surface area contributed by atoms with E-state index in [9.17, 15) is 4.39 Å². The summed E-state index contributed by atoms with van der Waals surface area (Å²) in [4.78, 5) is 8.60. The van der Waals surface area contributed by atoms with Gasteiger partial charge in [-0.3, -0.25) is 0 Å². The van der Waals surface area contributed by atoms with Gasteiger partial charge in [0.15, 0.2) is 5.16 Å². The van der Waals surface area contributed by atoms with Crippen LogP contribution in [0.1, 0.15) is 17.0 Å². The van der Waals surface area contributed by atoms with E-state index in [2.05, 4.69) is 9.97 Å². The minimum Gasteiger partial charge on any atom is -0.399 e. The number of nitrogens with zero attached hydrogens (tertiary/aromatic N) is 2. The van der Waals surface area contributed by atoms with Gasteiger partial charge >= 0.3 is 0 Å². The van der Waals surface area contributed by atoms with E-state index in [1.54, 1.807) is 12.1 Å². The van der Waals surface area contributed by atoms with E-state index in [-0.39, 0.29) is 5.82 Å². The van der Waals surface area contributed by atoms with Gasteiger partial charge in [-0.05, 0) is 37.6 Å². The quantitative estimate of drug-likeness (QED) is 0.525. The highest BCUT2D eigenvalue weighted by atomic mass is 32.2. The molecule has 18 heavy (non-hydrogen) atoms. The normalized spacial score (nSPS) is 10.6. The van der Waals surface area contributed by atoms with Gasteiger partial charge in [-0.15, -0.1) is 0 Å². The number of nitrogens with two attached hydrogens (primary N) is 1. The van der Waals surface area contributed by atoms with Crippen LogP contribution in [-0.2, 0) is 5.75 Å². The third-order valence-electron chi connectivity index (χ3n) is 2.40. The van der Waals surface area contributed by atoms with Gasteiger partial charge in [-0.1, -0.05) is 17.8 Å². The smallest absolute Gasteiger partial charge is 0.188 e. The van der Waals surface area contributed by atoms with E-state index >= 15 is 0 Å². The average Bonchev–Trinajstić information content (AvgIpc) is 2.26. The van der Waals surface area contributed by atoms with Crippen molar-refractivity contribution in [3.8, 4) is 0 Å². The van der Waals surface area contributed by atoms with E-state index < -0.39 is 0 Å². The summed E-state index contributed by atoms with van der Waals surface area (Å²) in [7, 11) is 0. The first kappa shape index (κ1) is 12.8. The second kappa shape index (κ2) is 5.35. The Bertz CT molecular complexity index is 552. The van der Waals surface area contributed by atoms with Crippen LogP contribution in [0.25, 0.3) is 0 Å². The van der Waals surface area contributed by atoms with Crippen molar-refractivity contribution in [3.05, 3.63) is 47.0 Å². The molecule has 0 atom stereocenters. The summed E-state index contributed by atoms with van der Waals surface area (Å²) in [6, 6.07) is 6.63. The zero-order valence-electron chi connectivity index (χ0n) is 10.3. The molecule has 0 aliphatic rings. The second-order valence-electron chi connectivity index (χ2n) is 4.07. The molecule has 1 aromatic carbocycles. The Balaban J connectivity index is 2.11. The molecule has 0 unspecified atom stereocenters. The highest BCUT2D eigenvalue weighted by Crippen LogP contribution is 2.22. The minimum absolute atomic E-state index is 0.285. The predicted molar refractivity (Wildman–Crippen MR) is 71.9 cm³/mol. The van der Waals surface area contributed by atoms with Gasteiger partial charge in [0.2, 0.25) is 0 Å². The van der Waals surface area contributed by atoms with Gasteiger partial charge in [0.25, 0.3) is 0 Å². The average molecular weight is 263 g/mol. The van der Waals surface area contributed by atoms with E-state index in [0.29, 0.717) is 22.2 Å². The molecule has 0 spiro atoms. The van der Waals surface area contributed by atoms with Crippen molar-refractivity contribution in [3.63, 3.8) is 0 Å². The SMILES string of the molecule is Cc1cc(C)nc(SCc2ccc(N)cc2F)n1. The van der Waals surface area contributed by atoms with Crippen molar-refractivity contribution in [2.45, 2.75) is 24.8 Å². The Labute approximate surface area is 110 Å². The number of halogens is 1. The summed E-state index contributed by atoms with van der Waals surface area (Å²) in [5.41, 5.74) is 8.38. The number of aryl methyl sites for hydroxylation is 2. The molecule has 1 aromatic heterocycles. The zero-order valence-corrected chi connectivity index (χ0v) is 11.1. The van der Waals surface area contributed by atoms with E-state index in [1.807, 2.05) is 19.9 Å². The Morgan fingerprint density at radius 2 is 1.83 bits per heavy atom. The molecule has 0 fully saturated rings. The van der Waals surface area contributed by atoms with Gasteiger partial charge in [-0.25, -0.2) is 14.4 Å². The standard InChI is InChI=1S/C13H14FN3S/c1-8-5-9(2)17-13(16-8)18-7-10-3-4-11(15)6-12(10)14/h3-6H,7,15H2,1-2H3. The third-order valence-corrected chi connectivity index (χ3v) is 3.29. The maximum absolute atomic E-state index is 13.6. The predicted octanol–water partition coefficient (Wildman–Crippen LogP) is 3.11. The maximum Gasteiger partial charge on any atom is 0.188 e. The molecule has 0 bridgehead atoms. The van der Waals surface area contributed by atoms with Crippen LogP contribution >= 0.6 is 11.8 Å². The Kier molecular flexibility index (Phi) is 3.81. The molecule has 1 heterocycles. The molecule has 0 aliphatic heterocycles. The molecular weight excluding hydrogens is 249 g/mol. The van der Waals surface area contributed by atoms with Crippen LogP contribution < -0.4 is 5.73 Å². The van der Waals surface area contributed by atoms with Crippen molar-refractivity contribution >= 4 is 17.4 Å². The number of anilines is 1. The Morgan fingerprint density at radius 1 is 1.17 bits per heavy atom. The first-order valence-electron chi connectivity index (χ1n) is 5.53. The number of nitrogen functional groups attached to an aromatic ring is 1. The highest BCUT2D eigenvalue weighted by molar-refractivity contribution is 7.98. The maximum atomic E-state index is 13.6. The lowest BCUT2D eigenvalue weighted by molar-refractivity contribution is 0.618. The second-order valence-corrected chi connectivity index (χ2v) is 5.02. The Hall–Kier alpha value is -1.62. The van der Waals surface area contributed by atoms with E-state index in [4.69, 9.17) is 5.73 Å². The van der Waals surface area contributed by atoms with Gasteiger partial charge in [0, 0.05) is 22.8 Å². The molecule has 2 N–H and O–H groups in total. The molecule has 0 saturated carbocycles. The number of hydrogen-bond acceptors (Lipinski definition) is 4. The fourth-order valence-electron chi connectivity index (χ4n) is 1.58. The highest BCUT2D eigenvalue weighted by Gasteiger charge is 2.06. The van der Waals surface area contributed by atoms with E-state index in [0.717, 1.165) is 11.4 Å². The van der Waals surface area contributed by atoms with Gasteiger partial charge in [0.1, 0.15) is 5.82 Å². The Morgan fingerprint density at radius 3 is 2.44 bits per heavy atom. The number of rotatable bonds is 3. The molecule has 94 valence electrons. The fourth-order valence-corrected chi connectivity index (χ4v) is 2.52. The number of hydrogen-bond donors (Lipinski definition) is 1. The van der Waals surface area contributed by atoms with Crippen LogP contribution in [0.4, 0.5) is 10.1 Å². The lowest BCUT2D eigenvalue weighted by atomic mass is 10.2. The van der Waals surface area contributed by atoms with Crippen LogP contribution in [0.3, 0.4) is 0 Å². The van der Waals surface area contributed by atoms with E-state index in [1.165, 1.54) is 17.8 Å². The molecule has 0 saturated heterocycles. The van der Waals surface area contributed by atoms with Crippen LogP contribution in [0.2, 0.25) is 0 Å². The van der Waals surface area contributed by atoms with Crippen LogP contribution in [-0.4, -0.2) is 9.97 Å². The molecular formula is C13H14FN3S. The van der Waals surface area contributed by atoms with Crippen molar-refractivity contribution < 1.29 is 4.39 Å². The zero-order chi connectivity index (χ0) is 13.1. The van der Waals surface area contributed by atoms with Crippen LogP contribution in [0, 0.1) is 19.7 Å². The summed E-state index contributed by atoms with van der Waals surface area (Å²) in [5.74, 6) is 0.210. The molecule has 0 amide bonds. The summed E-state index contributed by atoms with van der Waals surface area (Å²) >= 11 is 1.42. The monoisotopic (exact) mass is 263 g/mol. The van der Waals surface area contributed by atoms with Gasteiger partial charge in [-0.2, -0.15) is 0 Å². The molecule has 3 nitrogen and oxygen atoms in total. The fraction of sp³-hybridized carbons (Fsp3) is 0.231. The topological polar surface area (TPSA) is 51.8 Å². The minimum atomic E-state index is -0.285. The van der Waals surface area contributed by atoms with Crippen molar-refractivity contribution in [2.24, 2.45) is 0 Å². The molecule has 0 aliphatic carbocycles.